The number of non-ortho nitro benzene ring substituents is 1. The van der Waals surface area contributed by atoms with Crippen LogP contribution in [0.25, 0.3) is 0 Å². The predicted octanol–water partition coefficient (Wildman–Crippen LogP) is 1.50. The van der Waals surface area contributed by atoms with Gasteiger partial charge in [-0.3, -0.25) is 10.1 Å². The van der Waals surface area contributed by atoms with Crippen LogP contribution >= 0.6 is 0 Å². The third kappa shape index (κ3) is 2.80. The molecule has 2 aliphatic rings. The number of ether oxygens (including phenoxy) is 3. The minimum Gasteiger partial charge on any atom is -0.508 e. The molecule has 1 aromatic carbocycles. The lowest BCUT2D eigenvalue weighted by molar-refractivity contribution is -0.384. The Labute approximate surface area is 141 Å². The maximum Gasteiger partial charge on any atom is 0.339 e. The lowest BCUT2D eigenvalue weighted by Gasteiger charge is -2.17. The number of nitrogens with zero attached hydrogens (tertiary/aromatic N) is 1. The number of rotatable bonds is 5. The molecule has 1 atom stereocenters. The van der Waals surface area contributed by atoms with E-state index in [0.29, 0.717) is 0 Å². The summed E-state index contributed by atoms with van der Waals surface area (Å²) in [6, 6.07) is 5.43. The molecule has 9 heteroatoms. The lowest BCUT2D eigenvalue weighted by Crippen LogP contribution is -2.18. The average Bonchev–Trinajstić information content (AvgIpc) is 3.13. The Bertz CT molecular complexity index is 838. The zero-order chi connectivity index (χ0) is 18.1. The van der Waals surface area contributed by atoms with Gasteiger partial charge in [0.2, 0.25) is 0 Å². The number of hydrogen-bond acceptors (Lipinski definition) is 8. The van der Waals surface area contributed by atoms with Crippen molar-refractivity contribution in [2.75, 3.05) is 20.3 Å². The summed E-state index contributed by atoms with van der Waals surface area (Å²) in [4.78, 5) is 34.7. The molecular formula is C16H13NO8. The van der Waals surface area contributed by atoms with Gasteiger partial charge in [-0.15, -0.1) is 0 Å². The van der Waals surface area contributed by atoms with E-state index in [9.17, 15) is 24.8 Å². The van der Waals surface area contributed by atoms with Crippen LogP contribution in [0.5, 0.6) is 0 Å². The lowest BCUT2D eigenvalue weighted by atomic mass is 9.83. The van der Waals surface area contributed by atoms with Gasteiger partial charge in [-0.2, -0.15) is 0 Å². The third-order valence-electron chi connectivity index (χ3n) is 3.96. The largest absolute Gasteiger partial charge is 0.508 e. The van der Waals surface area contributed by atoms with Crippen LogP contribution in [0.3, 0.4) is 0 Å². The van der Waals surface area contributed by atoms with Crippen molar-refractivity contribution < 1.29 is 33.8 Å². The summed E-state index contributed by atoms with van der Waals surface area (Å²) in [6.07, 6.45) is 0. The highest BCUT2D eigenvalue weighted by Crippen LogP contribution is 2.41. The maximum absolute atomic E-state index is 12.2. The topological polar surface area (TPSA) is 125 Å². The van der Waals surface area contributed by atoms with Crippen LogP contribution in [-0.2, 0) is 23.8 Å². The Balaban J connectivity index is 2.22. The van der Waals surface area contributed by atoms with Gasteiger partial charge in [-0.1, -0.05) is 12.1 Å². The van der Waals surface area contributed by atoms with E-state index in [0.717, 1.165) is 0 Å². The Morgan fingerprint density at radius 1 is 1.20 bits per heavy atom. The first-order valence-corrected chi connectivity index (χ1v) is 7.21. The van der Waals surface area contributed by atoms with Crippen LogP contribution in [0.4, 0.5) is 5.69 Å². The molecule has 2 aliphatic heterocycles. The van der Waals surface area contributed by atoms with Crippen molar-refractivity contribution in [3.05, 3.63) is 62.6 Å². The smallest absolute Gasteiger partial charge is 0.339 e. The first-order chi connectivity index (χ1) is 11.9. The molecule has 0 amide bonds. The number of carbonyl (C=O) groups is 2. The molecule has 25 heavy (non-hydrogen) atoms. The van der Waals surface area contributed by atoms with E-state index >= 15 is 0 Å². The number of nitro benzene ring substituents is 1. The van der Waals surface area contributed by atoms with Gasteiger partial charge in [-0.05, 0) is 5.56 Å². The number of aliphatic hydroxyl groups is 1. The summed E-state index contributed by atoms with van der Waals surface area (Å²) in [5.74, 6) is -2.80. The van der Waals surface area contributed by atoms with Gasteiger partial charge in [0.25, 0.3) is 5.69 Å². The molecule has 9 nitrogen and oxygen atoms in total. The van der Waals surface area contributed by atoms with E-state index in [-0.39, 0.29) is 47.1 Å². The fourth-order valence-electron chi connectivity index (χ4n) is 2.84. The standard InChI is InChI=1S/C16H13NO8/c1-23-11-7-25-16(20)14(11)12(13-10(18)6-24-15(13)19)8-3-2-4-9(5-8)17(21)22/h2-5,12,18H,6-7H2,1H3. The molecule has 3 rings (SSSR count). The predicted molar refractivity (Wildman–Crippen MR) is 81.4 cm³/mol. The fraction of sp³-hybridized carbons (Fsp3) is 0.250. The number of benzene rings is 1. The van der Waals surface area contributed by atoms with Crippen LogP contribution in [0.15, 0.2) is 46.9 Å². The molecule has 130 valence electrons. The van der Waals surface area contributed by atoms with Gasteiger partial charge in [0.1, 0.15) is 24.7 Å². The van der Waals surface area contributed by atoms with Crippen LogP contribution in [0.1, 0.15) is 11.5 Å². The molecule has 1 N–H and O–H groups in total. The molecule has 2 heterocycles. The van der Waals surface area contributed by atoms with Crippen LogP contribution < -0.4 is 0 Å². The number of esters is 2. The maximum atomic E-state index is 12.2. The average molecular weight is 347 g/mol. The second kappa shape index (κ2) is 6.27. The highest BCUT2D eigenvalue weighted by Gasteiger charge is 2.42. The van der Waals surface area contributed by atoms with Gasteiger partial charge in [0.05, 0.1) is 29.1 Å². The minimum absolute atomic E-state index is 0.00315. The summed E-state index contributed by atoms with van der Waals surface area (Å²) in [5.41, 5.74) is -0.120. The zero-order valence-corrected chi connectivity index (χ0v) is 13.1. The third-order valence-corrected chi connectivity index (χ3v) is 3.96. The van der Waals surface area contributed by atoms with Crippen molar-refractivity contribution in [1.29, 1.82) is 0 Å². The molecule has 0 spiro atoms. The van der Waals surface area contributed by atoms with Crippen LogP contribution in [-0.4, -0.2) is 42.3 Å². The number of carbonyl (C=O) groups excluding carboxylic acids is 2. The second-order valence-electron chi connectivity index (χ2n) is 5.34. The van der Waals surface area contributed by atoms with E-state index in [1.165, 1.54) is 31.4 Å². The molecular weight excluding hydrogens is 334 g/mol. The minimum atomic E-state index is -1.10. The molecule has 0 radical (unpaired) electrons. The molecule has 0 bridgehead atoms. The van der Waals surface area contributed by atoms with Crippen molar-refractivity contribution in [2.24, 2.45) is 0 Å². The van der Waals surface area contributed by atoms with E-state index in [1.807, 2.05) is 0 Å². The molecule has 0 aliphatic carbocycles. The van der Waals surface area contributed by atoms with Gasteiger partial charge in [0, 0.05) is 12.1 Å². The van der Waals surface area contributed by atoms with Gasteiger partial charge in [-0.25, -0.2) is 9.59 Å². The van der Waals surface area contributed by atoms with Gasteiger partial charge >= 0.3 is 11.9 Å². The first kappa shape index (κ1) is 16.5. The van der Waals surface area contributed by atoms with Crippen molar-refractivity contribution in [1.82, 2.24) is 0 Å². The van der Waals surface area contributed by atoms with E-state index in [2.05, 4.69) is 0 Å². The van der Waals surface area contributed by atoms with Gasteiger partial charge in [0.15, 0.2) is 0 Å². The van der Waals surface area contributed by atoms with Crippen molar-refractivity contribution in [3.63, 3.8) is 0 Å². The quantitative estimate of drug-likeness (QED) is 0.482. The van der Waals surface area contributed by atoms with E-state index < -0.39 is 22.8 Å². The molecule has 0 saturated carbocycles. The fourth-order valence-corrected chi connectivity index (χ4v) is 2.84. The summed E-state index contributed by atoms with van der Waals surface area (Å²) in [6.45, 7) is -0.455. The molecule has 0 saturated heterocycles. The SMILES string of the molecule is COC1=C(C(C2=C(O)COC2=O)c2cccc([N+](=O)[O-])c2)C(=O)OC1. The summed E-state index contributed by atoms with van der Waals surface area (Å²) < 4.78 is 14.9. The van der Waals surface area contributed by atoms with Crippen molar-refractivity contribution in [2.45, 2.75) is 5.92 Å². The Hall–Kier alpha value is -3.36. The highest BCUT2D eigenvalue weighted by molar-refractivity contribution is 6.00. The molecule has 0 fully saturated rings. The Kier molecular flexibility index (Phi) is 4.14. The number of aliphatic hydroxyl groups excluding tert-OH is 1. The van der Waals surface area contributed by atoms with Crippen molar-refractivity contribution >= 4 is 17.6 Å². The highest BCUT2D eigenvalue weighted by atomic mass is 16.6. The summed E-state index contributed by atoms with van der Waals surface area (Å²) >= 11 is 0. The monoisotopic (exact) mass is 347 g/mol. The second-order valence-corrected chi connectivity index (χ2v) is 5.34. The molecule has 1 aromatic rings. The van der Waals surface area contributed by atoms with E-state index in [1.54, 1.807) is 0 Å². The molecule has 1 unspecified atom stereocenters. The Morgan fingerprint density at radius 3 is 2.48 bits per heavy atom. The summed E-state index contributed by atoms with van der Waals surface area (Å²) in [7, 11) is 1.34. The number of cyclic esters (lactones) is 2. The van der Waals surface area contributed by atoms with E-state index in [4.69, 9.17) is 14.2 Å². The number of hydrogen-bond donors (Lipinski definition) is 1. The van der Waals surface area contributed by atoms with Crippen LogP contribution in [0.2, 0.25) is 0 Å². The van der Waals surface area contributed by atoms with Crippen LogP contribution in [0, 0.1) is 10.1 Å². The Morgan fingerprint density at radius 2 is 1.88 bits per heavy atom. The normalized spacial score (nSPS) is 18.3. The molecule has 0 aromatic heterocycles. The number of methoxy groups -OCH3 is 1. The summed E-state index contributed by atoms with van der Waals surface area (Å²) in [5, 5.41) is 21.1. The van der Waals surface area contributed by atoms with Gasteiger partial charge < -0.3 is 19.3 Å². The first-order valence-electron chi connectivity index (χ1n) is 7.21. The zero-order valence-electron chi connectivity index (χ0n) is 13.1. The number of nitro groups is 1. The van der Waals surface area contributed by atoms with Crippen molar-refractivity contribution in [3.8, 4) is 0 Å².